The van der Waals surface area contributed by atoms with Gasteiger partial charge in [0.1, 0.15) is 5.56 Å². The number of carbonyl (C=O) groups excluding carboxylic acids is 1. The van der Waals surface area contributed by atoms with Gasteiger partial charge in [-0.3, -0.25) is 9.59 Å². The Balaban J connectivity index is 1.73. The first-order valence-corrected chi connectivity index (χ1v) is 7.64. The lowest BCUT2D eigenvalue weighted by Crippen LogP contribution is -2.30. The van der Waals surface area contributed by atoms with Gasteiger partial charge >= 0.3 is 0 Å². The molecule has 1 saturated heterocycles. The number of rotatable bonds is 4. The van der Waals surface area contributed by atoms with Crippen molar-refractivity contribution in [2.45, 2.75) is 19.8 Å². The molecule has 5 nitrogen and oxygen atoms in total. The summed E-state index contributed by atoms with van der Waals surface area (Å²) in [6.07, 6.45) is 3.44. The number of hydrogen-bond donors (Lipinski definition) is 2. The molecule has 1 aromatic heterocycles. The van der Waals surface area contributed by atoms with E-state index in [0.717, 1.165) is 37.1 Å². The molecule has 2 N–H and O–H groups in total. The van der Waals surface area contributed by atoms with E-state index >= 15 is 0 Å². The van der Waals surface area contributed by atoms with Crippen LogP contribution >= 0.6 is 0 Å². The van der Waals surface area contributed by atoms with Crippen molar-refractivity contribution in [2.75, 3.05) is 19.8 Å². The lowest BCUT2D eigenvalue weighted by Gasteiger charge is -2.09. The highest BCUT2D eigenvalue weighted by atomic mass is 16.5. The molecule has 1 atom stereocenters. The Hall–Kier alpha value is -2.14. The van der Waals surface area contributed by atoms with Crippen molar-refractivity contribution in [3.05, 3.63) is 45.7 Å². The Morgan fingerprint density at radius 2 is 2.32 bits per heavy atom. The molecular weight excluding hydrogens is 280 g/mol. The van der Waals surface area contributed by atoms with Gasteiger partial charge in [0.2, 0.25) is 5.43 Å². The van der Waals surface area contributed by atoms with Crippen LogP contribution in [-0.2, 0) is 4.74 Å². The van der Waals surface area contributed by atoms with Crippen molar-refractivity contribution < 1.29 is 9.53 Å². The second kappa shape index (κ2) is 6.32. The van der Waals surface area contributed by atoms with Crippen LogP contribution in [0.2, 0.25) is 0 Å². The van der Waals surface area contributed by atoms with E-state index in [2.05, 4.69) is 10.3 Å². The summed E-state index contributed by atoms with van der Waals surface area (Å²) in [6, 6.07) is 5.50. The van der Waals surface area contributed by atoms with Gasteiger partial charge in [0.25, 0.3) is 5.91 Å². The Morgan fingerprint density at radius 1 is 1.45 bits per heavy atom. The van der Waals surface area contributed by atoms with Crippen LogP contribution in [0.25, 0.3) is 10.9 Å². The molecule has 0 bridgehead atoms. The lowest BCUT2D eigenvalue weighted by atomic mass is 10.1. The van der Waals surface area contributed by atoms with Crippen LogP contribution in [0, 0.1) is 12.8 Å². The largest absolute Gasteiger partial charge is 0.381 e. The van der Waals surface area contributed by atoms with Gasteiger partial charge in [-0.05, 0) is 37.3 Å². The predicted octanol–water partition coefficient (Wildman–Crippen LogP) is 1.99. The van der Waals surface area contributed by atoms with Crippen LogP contribution in [0.15, 0.2) is 29.2 Å². The Bertz CT molecular complexity index is 745. The predicted molar refractivity (Wildman–Crippen MR) is 85.2 cm³/mol. The monoisotopic (exact) mass is 300 g/mol. The zero-order valence-electron chi connectivity index (χ0n) is 12.6. The van der Waals surface area contributed by atoms with E-state index in [0.29, 0.717) is 17.8 Å². The summed E-state index contributed by atoms with van der Waals surface area (Å²) < 4.78 is 5.31. The number of amides is 1. The molecule has 3 rings (SSSR count). The second-order valence-electron chi connectivity index (χ2n) is 5.80. The first-order chi connectivity index (χ1) is 10.7. The van der Waals surface area contributed by atoms with E-state index in [1.807, 2.05) is 19.1 Å². The van der Waals surface area contributed by atoms with Crippen molar-refractivity contribution in [3.8, 4) is 0 Å². The summed E-state index contributed by atoms with van der Waals surface area (Å²) in [4.78, 5) is 27.7. The van der Waals surface area contributed by atoms with Crippen molar-refractivity contribution in [1.29, 1.82) is 0 Å². The number of H-pyrrole nitrogens is 1. The van der Waals surface area contributed by atoms with Crippen molar-refractivity contribution in [3.63, 3.8) is 0 Å². The highest BCUT2D eigenvalue weighted by Crippen LogP contribution is 2.15. The van der Waals surface area contributed by atoms with E-state index in [4.69, 9.17) is 4.74 Å². The molecule has 0 aliphatic carbocycles. The van der Waals surface area contributed by atoms with Crippen molar-refractivity contribution in [1.82, 2.24) is 10.3 Å². The minimum absolute atomic E-state index is 0.167. The minimum Gasteiger partial charge on any atom is -0.381 e. The molecule has 2 aromatic rings. The molecule has 0 unspecified atom stereocenters. The smallest absolute Gasteiger partial charge is 0.256 e. The summed E-state index contributed by atoms with van der Waals surface area (Å²) >= 11 is 0. The third kappa shape index (κ3) is 2.90. The molecule has 0 spiro atoms. The van der Waals surface area contributed by atoms with Gasteiger partial charge in [0, 0.05) is 31.3 Å². The van der Waals surface area contributed by atoms with Crippen molar-refractivity contribution in [2.24, 2.45) is 5.92 Å². The summed E-state index contributed by atoms with van der Waals surface area (Å²) in [6.45, 7) is 4.08. The van der Waals surface area contributed by atoms with Crippen LogP contribution in [0.1, 0.15) is 28.8 Å². The quantitative estimate of drug-likeness (QED) is 0.907. The molecule has 1 aromatic carbocycles. The fourth-order valence-electron chi connectivity index (χ4n) is 2.87. The van der Waals surface area contributed by atoms with E-state index in [1.54, 1.807) is 6.07 Å². The van der Waals surface area contributed by atoms with Crippen molar-refractivity contribution >= 4 is 16.8 Å². The van der Waals surface area contributed by atoms with E-state index in [9.17, 15) is 9.59 Å². The van der Waals surface area contributed by atoms with E-state index < -0.39 is 0 Å². The zero-order valence-corrected chi connectivity index (χ0v) is 12.6. The molecule has 2 heterocycles. The van der Waals surface area contributed by atoms with Gasteiger partial charge in [-0.2, -0.15) is 0 Å². The van der Waals surface area contributed by atoms with Gasteiger partial charge in [0.15, 0.2) is 0 Å². The number of aromatic nitrogens is 1. The molecule has 5 heteroatoms. The van der Waals surface area contributed by atoms with E-state index in [1.165, 1.54) is 6.20 Å². The second-order valence-corrected chi connectivity index (χ2v) is 5.80. The van der Waals surface area contributed by atoms with E-state index in [-0.39, 0.29) is 16.9 Å². The first-order valence-electron chi connectivity index (χ1n) is 7.64. The molecule has 1 fully saturated rings. The standard InChI is InChI=1S/C17H20N2O3/c1-11-3-2-4-13-15(11)19-9-14(16(13)20)17(21)18-7-5-12-6-8-22-10-12/h2-4,9,12H,5-8,10H2,1H3,(H,18,21)(H,19,20)/t12-/m0/s1. The summed E-state index contributed by atoms with van der Waals surface area (Å²) in [5.41, 5.74) is 1.72. The number of aryl methyl sites for hydroxylation is 1. The number of benzene rings is 1. The maximum absolute atomic E-state index is 12.4. The van der Waals surface area contributed by atoms with Gasteiger partial charge in [-0.15, -0.1) is 0 Å². The fourth-order valence-corrected chi connectivity index (χ4v) is 2.87. The number of fused-ring (bicyclic) bond motifs is 1. The number of para-hydroxylation sites is 1. The number of ether oxygens (including phenoxy) is 1. The Kier molecular flexibility index (Phi) is 4.24. The molecule has 116 valence electrons. The maximum Gasteiger partial charge on any atom is 0.256 e. The number of pyridine rings is 1. The average molecular weight is 300 g/mol. The lowest BCUT2D eigenvalue weighted by molar-refractivity contribution is 0.0949. The third-order valence-corrected chi connectivity index (χ3v) is 4.23. The number of nitrogens with one attached hydrogen (secondary N) is 2. The SMILES string of the molecule is Cc1cccc2c(=O)c(C(=O)NCC[C@H]3CCOC3)c[nH]c12. The number of aromatic amines is 1. The van der Waals surface area contributed by atoms with Gasteiger partial charge in [-0.1, -0.05) is 12.1 Å². The average Bonchev–Trinajstić information content (AvgIpc) is 3.02. The molecule has 22 heavy (non-hydrogen) atoms. The topological polar surface area (TPSA) is 71.2 Å². The number of carbonyl (C=O) groups is 1. The maximum atomic E-state index is 12.4. The Labute approximate surface area is 128 Å². The normalized spacial score (nSPS) is 17.8. The van der Waals surface area contributed by atoms with Crippen LogP contribution in [-0.4, -0.2) is 30.6 Å². The van der Waals surface area contributed by atoms with Crippen LogP contribution in [0.5, 0.6) is 0 Å². The van der Waals surface area contributed by atoms with Gasteiger partial charge < -0.3 is 15.0 Å². The first kappa shape index (κ1) is 14.8. The highest BCUT2D eigenvalue weighted by molar-refractivity contribution is 5.97. The third-order valence-electron chi connectivity index (χ3n) is 4.23. The molecule has 0 saturated carbocycles. The van der Waals surface area contributed by atoms with Crippen LogP contribution < -0.4 is 10.7 Å². The van der Waals surface area contributed by atoms with Gasteiger partial charge in [-0.25, -0.2) is 0 Å². The summed E-state index contributed by atoms with van der Waals surface area (Å²) in [5.74, 6) is 0.196. The summed E-state index contributed by atoms with van der Waals surface area (Å²) in [5, 5.41) is 3.38. The Morgan fingerprint density at radius 3 is 3.09 bits per heavy atom. The van der Waals surface area contributed by atoms with Crippen LogP contribution in [0.3, 0.4) is 0 Å². The summed E-state index contributed by atoms with van der Waals surface area (Å²) in [7, 11) is 0. The highest BCUT2D eigenvalue weighted by Gasteiger charge is 2.17. The molecular formula is C17H20N2O3. The molecule has 1 aliphatic heterocycles. The number of hydrogen-bond acceptors (Lipinski definition) is 3. The molecule has 1 aliphatic rings. The zero-order chi connectivity index (χ0) is 15.5. The van der Waals surface area contributed by atoms with Crippen LogP contribution in [0.4, 0.5) is 0 Å². The molecule has 1 amide bonds. The molecule has 0 radical (unpaired) electrons. The fraction of sp³-hybridized carbons (Fsp3) is 0.412. The van der Waals surface area contributed by atoms with Gasteiger partial charge in [0.05, 0.1) is 5.52 Å². The minimum atomic E-state index is -0.316.